The predicted octanol–water partition coefficient (Wildman–Crippen LogP) is 2.93. The van der Waals surface area contributed by atoms with Crippen LogP contribution < -0.4 is 5.32 Å². The van der Waals surface area contributed by atoms with Crippen molar-refractivity contribution in [3.05, 3.63) is 18.0 Å². The zero-order valence-corrected chi connectivity index (χ0v) is 13.1. The number of aromatic nitrogens is 2. The first-order chi connectivity index (χ1) is 8.89. The highest BCUT2D eigenvalue weighted by molar-refractivity contribution is 5.04. The van der Waals surface area contributed by atoms with Gasteiger partial charge in [0.05, 0.1) is 17.8 Å². The van der Waals surface area contributed by atoms with Crippen molar-refractivity contribution in [1.82, 2.24) is 15.1 Å². The minimum absolute atomic E-state index is 0.0619. The minimum Gasteiger partial charge on any atom is -0.379 e. The SMILES string of the molecule is CC(C)OCCCCNCc1cnn(C(C)(C)C)c1. The van der Waals surface area contributed by atoms with Gasteiger partial charge in [0.15, 0.2) is 0 Å². The molecule has 0 aliphatic carbocycles. The van der Waals surface area contributed by atoms with E-state index in [1.165, 1.54) is 5.56 Å². The predicted molar refractivity (Wildman–Crippen MR) is 79.3 cm³/mol. The first kappa shape index (κ1) is 16.2. The molecule has 1 heterocycles. The third kappa shape index (κ3) is 6.73. The van der Waals surface area contributed by atoms with Crippen LogP contribution in [0, 0.1) is 0 Å². The number of nitrogens with zero attached hydrogens (tertiary/aromatic N) is 2. The summed E-state index contributed by atoms with van der Waals surface area (Å²) in [5.41, 5.74) is 1.31. The van der Waals surface area contributed by atoms with E-state index >= 15 is 0 Å². The molecule has 0 amide bonds. The van der Waals surface area contributed by atoms with Crippen LogP contribution in [0.25, 0.3) is 0 Å². The molecule has 0 fully saturated rings. The molecule has 0 saturated heterocycles. The summed E-state index contributed by atoms with van der Waals surface area (Å²) in [5, 5.41) is 7.84. The third-order valence-corrected chi connectivity index (χ3v) is 2.85. The lowest BCUT2D eigenvalue weighted by atomic mass is 10.1. The van der Waals surface area contributed by atoms with Crippen molar-refractivity contribution < 1.29 is 4.74 Å². The molecule has 0 spiro atoms. The second-order valence-electron chi connectivity index (χ2n) is 6.27. The van der Waals surface area contributed by atoms with Crippen molar-refractivity contribution in [3.8, 4) is 0 Å². The second kappa shape index (κ2) is 7.65. The van der Waals surface area contributed by atoms with E-state index in [0.29, 0.717) is 6.10 Å². The number of ether oxygens (including phenoxy) is 1. The number of unbranched alkanes of at least 4 members (excludes halogenated alkanes) is 1. The summed E-state index contributed by atoms with van der Waals surface area (Å²) in [6, 6.07) is 0. The van der Waals surface area contributed by atoms with E-state index in [9.17, 15) is 0 Å². The van der Waals surface area contributed by atoms with E-state index in [0.717, 1.165) is 32.5 Å². The highest BCUT2D eigenvalue weighted by Crippen LogP contribution is 2.12. The lowest BCUT2D eigenvalue weighted by molar-refractivity contribution is 0.0760. The fourth-order valence-corrected chi connectivity index (χ4v) is 1.72. The van der Waals surface area contributed by atoms with Crippen LogP contribution in [0.4, 0.5) is 0 Å². The maximum atomic E-state index is 5.51. The van der Waals surface area contributed by atoms with E-state index in [1.54, 1.807) is 0 Å². The molecule has 0 unspecified atom stereocenters. The molecule has 0 aliphatic heterocycles. The fourth-order valence-electron chi connectivity index (χ4n) is 1.72. The van der Waals surface area contributed by atoms with Crippen LogP contribution in [0.1, 0.15) is 53.0 Å². The standard InChI is InChI=1S/C15H29N3O/c1-13(2)19-9-7-6-8-16-10-14-11-17-18(12-14)15(3,4)5/h11-13,16H,6-10H2,1-5H3. The van der Waals surface area contributed by atoms with Crippen LogP contribution >= 0.6 is 0 Å². The van der Waals surface area contributed by atoms with Crippen molar-refractivity contribution >= 4 is 0 Å². The van der Waals surface area contributed by atoms with Gasteiger partial charge in [-0.2, -0.15) is 5.10 Å². The second-order valence-corrected chi connectivity index (χ2v) is 6.27. The molecule has 0 atom stereocenters. The molecule has 4 heteroatoms. The number of hydrogen-bond donors (Lipinski definition) is 1. The molecule has 0 aromatic carbocycles. The zero-order chi connectivity index (χ0) is 14.3. The van der Waals surface area contributed by atoms with Crippen LogP contribution in [0.2, 0.25) is 0 Å². The van der Waals surface area contributed by atoms with E-state index < -0.39 is 0 Å². The Morgan fingerprint density at radius 2 is 2.05 bits per heavy atom. The summed E-state index contributed by atoms with van der Waals surface area (Å²) in [4.78, 5) is 0. The molecule has 0 radical (unpaired) electrons. The van der Waals surface area contributed by atoms with Gasteiger partial charge in [0.2, 0.25) is 0 Å². The van der Waals surface area contributed by atoms with Crippen LogP contribution in [-0.4, -0.2) is 29.0 Å². The molecule has 0 saturated carbocycles. The maximum Gasteiger partial charge on any atom is 0.0543 e. The van der Waals surface area contributed by atoms with Crippen molar-refractivity contribution in [2.24, 2.45) is 0 Å². The van der Waals surface area contributed by atoms with Crippen LogP contribution in [0.3, 0.4) is 0 Å². The summed E-state index contributed by atoms with van der Waals surface area (Å²) in [5.74, 6) is 0. The summed E-state index contributed by atoms with van der Waals surface area (Å²) in [6.45, 7) is 13.4. The molecular formula is C15H29N3O. The first-order valence-electron chi connectivity index (χ1n) is 7.26. The Bertz CT molecular complexity index is 353. The van der Waals surface area contributed by atoms with E-state index in [1.807, 2.05) is 10.9 Å². The molecule has 0 bridgehead atoms. The summed E-state index contributed by atoms with van der Waals surface area (Å²) < 4.78 is 7.52. The minimum atomic E-state index is 0.0619. The molecule has 110 valence electrons. The topological polar surface area (TPSA) is 39.1 Å². The van der Waals surface area contributed by atoms with Crippen molar-refractivity contribution in [1.29, 1.82) is 0 Å². The molecule has 19 heavy (non-hydrogen) atoms. The lowest BCUT2D eigenvalue weighted by Gasteiger charge is -2.18. The Labute approximate surface area is 117 Å². The van der Waals surface area contributed by atoms with Crippen molar-refractivity contribution in [2.75, 3.05) is 13.2 Å². The van der Waals surface area contributed by atoms with Gasteiger partial charge < -0.3 is 10.1 Å². The van der Waals surface area contributed by atoms with Gasteiger partial charge in [-0.05, 0) is 54.0 Å². The Kier molecular flexibility index (Phi) is 6.52. The third-order valence-electron chi connectivity index (χ3n) is 2.85. The largest absolute Gasteiger partial charge is 0.379 e. The highest BCUT2D eigenvalue weighted by Gasteiger charge is 2.13. The summed E-state index contributed by atoms with van der Waals surface area (Å²) in [7, 11) is 0. The number of nitrogens with one attached hydrogen (secondary N) is 1. The molecule has 1 aromatic heterocycles. The average Bonchev–Trinajstić information content (AvgIpc) is 2.75. The van der Waals surface area contributed by atoms with Crippen LogP contribution in [0.5, 0.6) is 0 Å². The van der Waals surface area contributed by atoms with E-state index in [2.05, 4.69) is 51.2 Å². The quantitative estimate of drug-likeness (QED) is 0.736. The van der Waals surface area contributed by atoms with Gasteiger partial charge in [-0.15, -0.1) is 0 Å². The fraction of sp³-hybridized carbons (Fsp3) is 0.800. The van der Waals surface area contributed by atoms with Crippen molar-refractivity contribution in [3.63, 3.8) is 0 Å². The van der Waals surface area contributed by atoms with E-state index in [-0.39, 0.29) is 5.54 Å². The summed E-state index contributed by atoms with van der Waals surface area (Å²) in [6.07, 6.45) is 6.68. The normalized spacial score (nSPS) is 12.3. The van der Waals surface area contributed by atoms with Crippen molar-refractivity contribution in [2.45, 2.75) is 65.6 Å². The number of hydrogen-bond acceptors (Lipinski definition) is 3. The average molecular weight is 267 g/mol. The number of rotatable bonds is 8. The van der Waals surface area contributed by atoms with Gasteiger partial charge in [0.1, 0.15) is 0 Å². The molecule has 1 N–H and O–H groups in total. The van der Waals surface area contributed by atoms with Gasteiger partial charge >= 0.3 is 0 Å². The maximum absolute atomic E-state index is 5.51. The van der Waals surface area contributed by atoms with Crippen LogP contribution in [-0.2, 0) is 16.8 Å². The molecule has 0 aliphatic rings. The molecule has 1 aromatic rings. The van der Waals surface area contributed by atoms with Gasteiger partial charge in [-0.25, -0.2) is 0 Å². The van der Waals surface area contributed by atoms with E-state index in [4.69, 9.17) is 4.74 Å². The van der Waals surface area contributed by atoms with Gasteiger partial charge in [-0.3, -0.25) is 4.68 Å². The van der Waals surface area contributed by atoms with Gasteiger partial charge in [0.25, 0.3) is 0 Å². The Balaban J connectivity index is 2.11. The van der Waals surface area contributed by atoms with Gasteiger partial charge in [-0.1, -0.05) is 0 Å². The Morgan fingerprint density at radius 3 is 2.63 bits per heavy atom. The molecule has 1 rings (SSSR count). The Morgan fingerprint density at radius 1 is 1.32 bits per heavy atom. The highest BCUT2D eigenvalue weighted by atomic mass is 16.5. The Hall–Kier alpha value is -0.870. The smallest absolute Gasteiger partial charge is 0.0543 e. The monoisotopic (exact) mass is 267 g/mol. The first-order valence-corrected chi connectivity index (χ1v) is 7.26. The molecular weight excluding hydrogens is 238 g/mol. The lowest BCUT2D eigenvalue weighted by Crippen LogP contribution is -2.22. The zero-order valence-electron chi connectivity index (χ0n) is 13.1. The van der Waals surface area contributed by atoms with Gasteiger partial charge in [0, 0.05) is 24.9 Å². The molecule has 4 nitrogen and oxygen atoms in total. The van der Waals surface area contributed by atoms with Crippen LogP contribution in [0.15, 0.2) is 12.4 Å². The summed E-state index contributed by atoms with van der Waals surface area (Å²) >= 11 is 0.